The molecule has 186 valence electrons. The fourth-order valence-electron chi connectivity index (χ4n) is 4.58. The van der Waals surface area contributed by atoms with Gasteiger partial charge in [-0.25, -0.2) is 0 Å². The molecule has 0 unspecified atom stereocenters. The second-order valence-corrected chi connectivity index (χ2v) is 12.3. The number of aryl methyl sites for hydroxylation is 2. The SMILES string of the molecule is Brc1c(CCCCCCCCc2ccc(-c3ccccc3)c(Br)c2Br)ccc(-c2ccccc2)c1Br. The van der Waals surface area contributed by atoms with Crippen LogP contribution in [0.4, 0.5) is 0 Å². The average molecular weight is 734 g/mol. The molecular formula is C32H30Br4. The van der Waals surface area contributed by atoms with Gasteiger partial charge in [0, 0.05) is 17.9 Å². The molecule has 0 spiro atoms. The van der Waals surface area contributed by atoms with Crippen LogP contribution in [0.2, 0.25) is 0 Å². The monoisotopic (exact) mass is 730 g/mol. The summed E-state index contributed by atoms with van der Waals surface area (Å²) in [6.45, 7) is 0. The molecule has 0 aliphatic carbocycles. The lowest BCUT2D eigenvalue weighted by molar-refractivity contribution is 0.593. The van der Waals surface area contributed by atoms with Crippen LogP contribution in [0.3, 0.4) is 0 Å². The predicted octanol–water partition coefficient (Wildman–Crippen LogP) is 12.2. The molecule has 4 heteroatoms. The molecule has 0 saturated carbocycles. The lowest BCUT2D eigenvalue weighted by Gasteiger charge is -2.12. The van der Waals surface area contributed by atoms with Crippen LogP contribution in [0.5, 0.6) is 0 Å². The second-order valence-electron chi connectivity index (χ2n) is 9.15. The third kappa shape index (κ3) is 7.22. The number of unbranched alkanes of at least 4 members (excludes halogenated alkanes) is 5. The standard InChI is InChI=1S/C32H30Br4/c33-29-25(19-21-27(31(29)35)23-13-9-5-10-14-23)17-7-3-1-2-4-8-18-26-20-22-28(32(36)30(26)34)24-15-11-6-12-16-24/h5-6,9-16,19-22H,1-4,7-8,17-18H2. The molecule has 0 fully saturated rings. The molecule has 0 aliphatic heterocycles. The summed E-state index contributed by atoms with van der Waals surface area (Å²) in [4.78, 5) is 0. The van der Waals surface area contributed by atoms with Gasteiger partial charge < -0.3 is 0 Å². The van der Waals surface area contributed by atoms with Gasteiger partial charge in [-0.05, 0) is 123 Å². The van der Waals surface area contributed by atoms with Gasteiger partial charge in [0.25, 0.3) is 0 Å². The van der Waals surface area contributed by atoms with Crippen LogP contribution >= 0.6 is 63.7 Å². The van der Waals surface area contributed by atoms with Crippen molar-refractivity contribution in [3.63, 3.8) is 0 Å². The molecule has 0 radical (unpaired) electrons. The molecule has 0 aliphatic rings. The fraction of sp³-hybridized carbons (Fsp3) is 0.250. The van der Waals surface area contributed by atoms with Crippen molar-refractivity contribution in [1.29, 1.82) is 0 Å². The Morgan fingerprint density at radius 2 is 0.722 bits per heavy atom. The second kappa shape index (κ2) is 14.1. The van der Waals surface area contributed by atoms with Crippen LogP contribution in [0.1, 0.15) is 49.7 Å². The van der Waals surface area contributed by atoms with E-state index >= 15 is 0 Å². The zero-order valence-electron chi connectivity index (χ0n) is 20.3. The number of rotatable bonds is 11. The predicted molar refractivity (Wildman–Crippen MR) is 170 cm³/mol. The summed E-state index contributed by atoms with van der Waals surface area (Å²) >= 11 is 15.3. The first-order valence-electron chi connectivity index (χ1n) is 12.6. The molecule has 0 bridgehead atoms. The minimum atomic E-state index is 1.11. The fourth-order valence-corrected chi connectivity index (χ4v) is 6.90. The zero-order chi connectivity index (χ0) is 25.3. The Kier molecular flexibility index (Phi) is 10.9. The minimum absolute atomic E-state index is 1.11. The largest absolute Gasteiger partial charge is 0.0622 e. The van der Waals surface area contributed by atoms with Crippen molar-refractivity contribution in [3.05, 3.63) is 114 Å². The summed E-state index contributed by atoms with van der Waals surface area (Å²) in [5.74, 6) is 0. The van der Waals surface area contributed by atoms with E-state index in [4.69, 9.17) is 0 Å². The smallest absolute Gasteiger partial charge is 0.0398 e. The van der Waals surface area contributed by atoms with Crippen LogP contribution in [-0.2, 0) is 12.8 Å². The first kappa shape index (κ1) is 27.8. The van der Waals surface area contributed by atoms with Gasteiger partial charge in [0.2, 0.25) is 0 Å². The van der Waals surface area contributed by atoms with E-state index in [1.807, 2.05) is 0 Å². The Hall–Kier alpha value is -1.20. The number of hydrogen-bond donors (Lipinski definition) is 0. The van der Waals surface area contributed by atoms with Crippen molar-refractivity contribution in [2.75, 3.05) is 0 Å². The Labute approximate surface area is 249 Å². The molecule has 4 rings (SSSR count). The molecule has 36 heavy (non-hydrogen) atoms. The van der Waals surface area contributed by atoms with Crippen molar-refractivity contribution in [1.82, 2.24) is 0 Å². The highest BCUT2D eigenvalue weighted by molar-refractivity contribution is 9.13. The summed E-state index contributed by atoms with van der Waals surface area (Å²) in [5.41, 5.74) is 7.72. The molecule has 4 aromatic rings. The molecule has 4 aromatic carbocycles. The van der Waals surface area contributed by atoms with E-state index in [1.165, 1.54) is 80.9 Å². The minimum Gasteiger partial charge on any atom is -0.0622 e. The van der Waals surface area contributed by atoms with Gasteiger partial charge in [0.1, 0.15) is 0 Å². The normalized spacial score (nSPS) is 11.1. The van der Waals surface area contributed by atoms with E-state index < -0.39 is 0 Å². The van der Waals surface area contributed by atoms with Gasteiger partial charge in [-0.15, -0.1) is 0 Å². The van der Waals surface area contributed by atoms with Gasteiger partial charge in [-0.1, -0.05) is 111 Å². The summed E-state index contributed by atoms with van der Waals surface area (Å²) in [7, 11) is 0. The Morgan fingerprint density at radius 1 is 0.361 bits per heavy atom. The summed E-state index contributed by atoms with van der Waals surface area (Å²) in [5, 5.41) is 0. The van der Waals surface area contributed by atoms with Crippen LogP contribution in [0, 0.1) is 0 Å². The maximum Gasteiger partial charge on any atom is 0.0398 e. The highest BCUT2D eigenvalue weighted by atomic mass is 79.9. The molecule has 0 nitrogen and oxygen atoms in total. The van der Waals surface area contributed by atoms with Crippen LogP contribution < -0.4 is 0 Å². The highest BCUT2D eigenvalue weighted by Gasteiger charge is 2.12. The first-order valence-corrected chi connectivity index (χ1v) is 15.8. The zero-order valence-corrected chi connectivity index (χ0v) is 26.6. The Morgan fingerprint density at radius 3 is 1.11 bits per heavy atom. The van der Waals surface area contributed by atoms with Gasteiger partial charge >= 0.3 is 0 Å². The molecule has 0 amide bonds. The number of hydrogen-bond acceptors (Lipinski definition) is 0. The van der Waals surface area contributed by atoms with E-state index in [9.17, 15) is 0 Å². The van der Waals surface area contributed by atoms with Crippen LogP contribution in [0.15, 0.2) is 103 Å². The molecule has 0 saturated heterocycles. The number of halogens is 4. The highest BCUT2D eigenvalue weighted by Crippen LogP contribution is 2.38. The van der Waals surface area contributed by atoms with E-state index in [-0.39, 0.29) is 0 Å². The molecular weight excluding hydrogens is 704 g/mol. The molecule has 0 heterocycles. The van der Waals surface area contributed by atoms with Gasteiger partial charge in [-0.3, -0.25) is 0 Å². The van der Waals surface area contributed by atoms with Gasteiger partial charge in [0.05, 0.1) is 0 Å². The van der Waals surface area contributed by atoms with E-state index in [2.05, 4.69) is 149 Å². The van der Waals surface area contributed by atoms with E-state index in [1.54, 1.807) is 0 Å². The molecule has 0 N–H and O–H groups in total. The Balaban J connectivity index is 1.18. The van der Waals surface area contributed by atoms with Crippen molar-refractivity contribution in [2.24, 2.45) is 0 Å². The lowest BCUT2D eigenvalue weighted by Crippen LogP contribution is -1.92. The lowest BCUT2D eigenvalue weighted by atomic mass is 9.99. The van der Waals surface area contributed by atoms with E-state index in [0.717, 1.165) is 21.8 Å². The first-order chi connectivity index (χ1) is 17.6. The van der Waals surface area contributed by atoms with Crippen LogP contribution in [-0.4, -0.2) is 0 Å². The number of benzene rings is 4. The van der Waals surface area contributed by atoms with Crippen molar-refractivity contribution >= 4 is 63.7 Å². The third-order valence-electron chi connectivity index (χ3n) is 6.64. The average Bonchev–Trinajstić information content (AvgIpc) is 2.91. The van der Waals surface area contributed by atoms with Gasteiger partial charge in [-0.2, -0.15) is 0 Å². The van der Waals surface area contributed by atoms with Crippen molar-refractivity contribution < 1.29 is 0 Å². The third-order valence-corrected chi connectivity index (χ3v) is 11.2. The topological polar surface area (TPSA) is 0 Å². The maximum atomic E-state index is 3.83. The van der Waals surface area contributed by atoms with Crippen molar-refractivity contribution in [2.45, 2.75) is 51.4 Å². The van der Waals surface area contributed by atoms with Crippen molar-refractivity contribution in [3.8, 4) is 22.3 Å². The summed E-state index contributed by atoms with van der Waals surface area (Å²) in [6.07, 6.45) is 9.87. The molecule has 0 aromatic heterocycles. The summed E-state index contributed by atoms with van der Waals surface area (Å²) < 4.78 is 4.69. The quantitative estimate of drug-likeness (QED) is 0.135. The van der Waals surface area contributed by atoms with Crippen LogP contribution in [0.25, 0.3) is 22.3 Å². The van der Waals surface area contributed by atoms with Gasteiger partial charge in [0.15, 0.2) is 0 Å². The maximum absolute atomic E-state index is 3.83. The Bertz CT molecular complexity index is 1170. The summed E-state index contributed by atoms with van der Waals surface area (Å²) in [6, 6.07) is 30.1. The van der Waals surface area contributed by atoms with E-state index in [0.29, 0.717) is 0 Å². The molecule has 0 atom stereocenters.